The number of carbonyl (C=O) groups is 1. The van der Waals surface area contributed by atoms with Crippen molar-refractivity contribution in [1.29, 1.82) is 5.26 Å². The van der Waals surface area contributed by atoms with Crippen molar-refractivity contribution in [2.75, 3.05) is 49.9 Å². The second-order valence-corrected chi connectivity index (χ2v) is 9.95. The first-order valence-corrected chi connectivity index (χ1v) is 11.9. The second-order valence-electron chi connectivity index (χ2n) is 8.60. The van der Waals surface area contributed by atoms with E-state index in [1.165, 1.54) is 12.3 Å². The van der Waals surface area contributed by atoms with Crippen LogP contribution in [-0.4, -0.2) is 65.1 Å². The Hall–Kier alpha value is -2.44. The smallest absolute Gasteiger partial charge is 0.257 e. The van der Waals surface area contributed by atoms with E-state index in [2.05, 4.69) is 22.3 Å². The largest absolute Gasteiger partial charge is 0.370 e. The number of hydrogen-bond acceptors (Lipinski definition) is 6. The molecule has 0 unspecified atom stereocenters. The standard InChI is InChI=1S/C23H27F2N5OS/c1-3-32-30-10-8-29(9-11-30)22(31)18-14-27-20-17(12-16(24)13-19(20)25)21(18)28-6-4-23(2,15-26)5-7-28/h12-14H,3-11H2,1-2H3. The molecule has 2 aromatic rings. The Morgan fingerprint density at radius 1 is 1.19 bits per heavy atom. The Bertz CT molecular complexity index is 1060. The van der Waals surface area contributed by atoms with Crippen LogP contribution in [0, 0.1) is 28.4 Å². The fourth-order valence-electron chi connectivity index (χ4n) is 4.42. The van der Waals surface area contributed by atoms with Crippen molar-refractivity contribution in [2.45, 2.75) is 26.7 Å². The summed E-state index contributed by atoms with van der Waals surface area (Å²) >= 11 is 1.76. The van der Waals surface area contributed by atoms with E-state index in [1.807, 2.05) is 11.8 Å². The van der Waals surface area contributed by atoms with Crippen LogP contribution in [0.4, 0.5) is 14.5 Å². The van der Waals surface area contributed by atoms with Crippen molar-refractivity contribution >= 4 is 34.4 Å². The van der Waals surface area contributed by atoms with Gasteiger partial charge in [0.15, 0.2) is 5.82 Å². The van der Waals surface area contributed by atoms with Crippen LogP contribution in [0.5, 0.6) is 0 Å². The Labute approximate surface area is 191 Å². The van der Waals surface area contributed by atoms with Crippen LogP contribution in [0.25, 0.3) is 10.9 Å². The lowest BCUT2D eigenvalue weighted by molar-refractivity contribution is 0.0704. The Balaban J connectivity index is 1.72. The van der Waals surface area contributed by atoms with E-state index >= 15 is 0 Å². The molecule has 1 aromatic heterocycles. The summed E-state index contributed by atoms with van der Waals surface area (Å²) in [6.45, 7) is 7.81. The summed E-state index contributed by atoms with van der Waals surface area (Å²) in [5.41, 5.74) is 0.493. The first kappa shape index (κ1) is 22.7. The van der Waals surface area contributed by atoms with E-state index in [-0.39, 0.29) is 11.4 Å². The van der Waals surface area contributed by atoms with E-state index in [1.54, 1.807) is 16.8 Å². The minimum Gasteiger partial charge on any atom is -0.370 e. The van der Waals surface area contributed by atoms with E-state index < -0.39 is 17.0 Å². The number of rotatable bonds is 4. The van der Waals surface area contributed by atoms with Crippen LogP contribution in [0.2, 0.25) is 0 Å². The normalized spacial score (nSPS) is 19.2. The van der Waals surface area contributed by atoms with Gasteiger partial charge in [0.05, 0.1) is 22.7 Å². The number of carbonyl (C=O) groups excluding carboxylic acids is 1. The Kier molecular flexibility index (Phi) is 6.54. The van der Waals surface area contributed by atoms with Gasteiger partial charge in [0, 0.05) is 62.7 Å². The van der Waals surface area contributed by atoms with Crippen LogP contribution in [0.1, 0.15) is 37.0 Å². The van der Waals surface area contributed by atoms with Crippen LogP contribution >= 0.6 is 11.9 Å². The van der Waals surface area contributed by atoms with Crippen LogP contribution in [-0.2, 0) is 0 Å². The van der Waals surface area contributed by atoms with E-state index in [0.717, 1.165) is 24.9 Å². The maximum absolute atomic E-state index is 14.5. The number of piperazine rings is 1. The van der Waals surface area contributed by atoms with Crippen molar-refractivity contribution in [3.63, 3.8) is 0 Å². The number of amides is 1. The molecule has 9 heteroatoms. The number of fused-ring (bicyclic) bond motifs is 1. The summed E-state index contributed by atoms with van der Waals surface area (Å²) in [6.07, 6.45) is 2.66. The molecule has 1 aromatic carbocycles. The summed E-state index contributed by atoms with van der Waals surface area (Å²) in [4.78, 5) is 21.5. The zero-order valence-corrected chi connectivity index (χ0v) is 19.2. The monoisotopic (exact) mass is 459 g/mol. The van der Waals surface area contributed by atoms with Gasteiger partial charge < -0.3 is 9.80 Å². The lowest BCUT2D eigenvalue weighted by atomic mass is 9.81. The van der Waals surface area contributed by atoms with Gasteiger partial charge in [0.25, 0.3) is 5.91 Å². The number of nitrogens with zero attached hydrogens (tertiary/aromatic N) is 5. The predicted molar refractivity (Wildman–Crippen MR) is 122 cm³/mol. The number of halogens is 2. The third-order valence-corrected chi connectivity index (χ3v) is 7.37. The SMILES string of the molecule is CCSN1CCN(C(=O)c2cnc3c(F)cc(F)cc3c2N2CCC(C)(C#N)CC2)CC1. The minimum atomic E-state index is -0.746. The maximum Gasteiger partial charge on any atom is 0.257 e. The molecule has 0 bridgehead atoms. The molecule has 2 aliphatic heterocycles. The third kappa shape index (κ3) is 4.39. The predicted octanol–water partition coefficient (Wildman–Crippen LogP) is 4.07. The Morgan fingerprint density at radius 2 is 1.88 bits per heavy atom. The average molecular weight is 460 g/mol. The molecule has 0 atom stereocenters. The van der Waals surface area contributed by atoms with Crippen LogP contribution in [0.15, 0.2) is 18.3 Å². The maximum atomic E-state index is 14.5. The molecule has 6 nitrogen and oxygen atoms in total. The van der Waals surface area contributed by atoms with Gasteiger partial charge >= 0.3 is 0 Å². The molecule has 1 amide bonds. The molecule has 3 heterocycles. The molecule has 4 rings (SSSR count). The number of hydrogen-bond donors (Lipinski definition) is 0. The zero-order chi connectivity index (χ0) is 22.9. The highest BCUT2D eigenvalue weighted by atomic mass is 32.2. The highest BCUT2D eigenvalue weighted by Gasteiger charge is 2.34. The summed E-state index contributed by atoms with van der Waals surface area (Å²) in [7, 11) is 0. The van der Waals surface area contributed by atoms with Crippen molar-refractivity contribution in [2.24, 2.45) is 5.41 Å². The summed E-state index contributed by atoms with van der Waals surface area (Å²) in [5.74, 6) is -0.634. The fraction of sp³-hybridized carbons (Fsp3) is 0.522. The molecule has 2 aliphatic rings. The summed E-state index contributed by atoms with van der Waals surface area (Å²) in [5, 5.41) is 9.78. The third-order valence-electron chi connectivity index (χ3n) is 6.38. The molecule has 32 heavy (non-hydrogen) atoms. The molecule has 0 aliphatic carbocycles. The lowest BCUT2D eigenvalue weighted by Gasteiger charge is -2.38. The molecule has 0 radical (unpaired) electrons. The van der Waals surface area contributed by atoms with Gasteiger partial charge in [0.2, 0.25) is 0 Å². The van der Waals surface area contributed by atoms with Gasteiger partial charge in [0.1, 0.15) is 11.3 Å². The average Bonchev–Trinajstić information content (AvgIpc) is 2.79. The highest BCUT2D eigenvalue weighted by molar-refractivity contribution is 7.96. The number of benzene rings is 1. The Morgan fingerprint density at radius 3 is 2.50 bits per heavy atom. The molecular weight excluding hydrogens is 432 g/mol. The first-order chi connectivity index (χ1) is 15.3. The molecule has 2 saturated heterocycles. The minimum absolute atomic E-state index is 0.0516. The van der Waals surface area contributed by atoms with Gasteiger partial charge in [-0.05, 0) is 25.8 Å². The van der Waals surface area contributed by atoms with E-state index in [9.17, 15) is 18.8 Å². The molecule has 0 saturated carbocycles. The van der Waals surface area contributed by atoms with Gasteiger partial charge in [-0.2, -0.15) is 5.26 Å². The van der Waals surface area contributed by atoms with Crippen molar-refractivity contribution in [3.8, 4) is 6.07 Å². The number of nitriles is 1. The fourth-order valence-corrected chi connectivity index (χ4v) is 5.21. The number of aromatic nitrogens is 1. The van der Waals surface area contributed by atoms with Gasteiger partial charge in [-0.15, -0.1) is 0 Å². The summed E-state index contributed by atoms with van der Waals surface area (Å²) < 4.78 is 31.0. The second kappa shape index (κ2) is 9.20. The van der Waals surface area contributed by atoms with E-state index in [4.69, 9.17) is 0 Å². The van der Waals surface area contributed by atoms with Crippen LogP contribution in [0.3, 0.4) is 0 Å². The number of anilines is 1. The lowest BCUT2D eigenvalue weighted by Crippen LogP contribution is -2.47. The van der Waals surface area contributed by atoms with Crippen molar-refractivity contribution in [1.82, 2.24) is 14.2 Å². The number of piperidine rings is 1. The van der Waals surface area contributed by atoms with Gasteiger partial charge in [-0.1, -0.05) is 18.9 Å². The molecule has 170 valence electrons. The van der Waals surface area contributed by atoms with Crippen molar-refractivity contribution in [3.05, 3.63) is 35.5 Å². The highest BCUT2D eigenvalue weighted by Crippen LogP contribution is 2.38. The quantitative estimate of drug-likeness (QED) is 0.643. The zero-order valence-electron chi connectivity index (χ0n) is 18.4. The van der Waals surface area contributed by atoms with Gasteiger partial charge in [-0.25, -0.2) is 13.1 Å². The molecule has 0 spiro atoms. The van der Waals surface area contributed by atoms with Crippen molar-refractivity contribution < 1.29 is 13.6 Å². The summed E-state index contributed by atoms with van der Waals surface area (Å²) in [6, 6.07) is 4.44. The number of pyridine rings is 1. The molecular formula is C23H27F2N5OS. The molecule has 0 N–H and O–H groups in total. The van der Waals surface area contributed by atoms with Crippen LogP contribution < -0.4 is 4.90 Å². The first-order valence-electron chi connectivity index (χ1n) is 11.0. The van der Waals surface area contributed by atoms with E-state index in [0.29, 0.717) is 55.7 Å². The van der Waals surface area contributed by atoms with Gasteiger partial charge in [-0.3, -0.25) is 9.78 Å². The molecule has 2 fully saturated rings. The topological polar surface area (TPSA) is 63.5 Å².